The molecule has 1 heterocycles. The Morgan fingerprint density at radius 2 is 1.32 bits per heavy atom. The summed E-state index contributed by atoms with van der Waals surface area (Å²) in [4.78, 5) is 119. The third-order valence-electron chi connectivity index (χ3n) is 11.6. The number of sulfonamides is 1. The minimum atomic E-state index is -4.46. The molecule has 20 heteroatoms. The number of carboxylic acid groups (broad SMARTS) is 3. The van der Waals surface area contributed by atoms with Crippen molar-refractivity contribution in [3.8, 4) is 0 Å². The summed E-state index contributed by atoms with van der Waals surface area (Å²) < 4.78 is 43.0. The molecule has 0 aliphatic rings. The van der Waals surface area contributed by atoms with Crippen LogP contribution in [0.2, 0.25) is 0 Å². The molecule has 0 aliphatic heterocycles. The molecule has 0 radical (unpaired) electrons. The van der Waals surface area contributed by atoms with E-state index in [0.717, 1.165) is 29.0 Å². The predicted octanol–water partition coefficient (Wildman–Crippen LogP) is 4.51. The fraction of sp³-hybridized carbons (Fsp3) is 0.408. The fourth-order valence-electron chi connectivity index (χ4n) is 7.85. The number of para-hydroxylation sites is 1. The Bertz CT molecular complexity index is 2630. The van der Waals surface area contributed by atoms with E-state index in [9.17, 15) is 71.3 Å². The number of Topliss-reactive ketones (excluding diaryl/α,β-unsaturated/α-hetero) is 4. The lowest BCUT2D eigenvalue weighted by Gasteiger charge is -2.24. The number of aliphatic carboxylic acids is 3. The molecule has 1 aromatic heterocycles. The van der Waals surface area contributed by atoms with Crippen molar-refractivity contribution in [2.24, 2.45) is 17.8 Å². The summed E-state index contributed by atoms with van der Waals surface area (Å²) in [5.74, 6) is -13.1. The lowest BCUT2D eigenvalue weighted by Crippen LogP contribution is -2.47. The molecular weight excluding hydrogens is 920 g/mol. The number of ketones is 4. The lowest BCUT2D eigenvalue weighted by atomic mass is 9.88. The molecule has 3 aromatic carbocycles. The van der Waals surface area contributed by atoms with Gasteiger partial charge in [-0.2, -0.15) is 0 Å². The number of carboxylic acids is 3. The molecule has 0 spiro atoms. The smallest absolute Gasteiger partial charge is 0.305 e. The number of carbonyl (C=O) groups is 9. The quantitative estimate of drug-likeness (QED) is 0.0365. The van der Waals surface area contributed by atoms with Crippen molar-refractivity contribution in [3.05, 3.63) is 102 Å². The molecule has 5 atom stereocenters. The molecule has 69 heavy (non-hydrogen) atoms. The Hall–Kier alpha value is -6.93. The summed E-state index contributed by atoms with van der Waals surface area (Å²) in [6, 6.07) is 14.9. The Morgan fingerprint density at radius 1 is 0.681 bits per heavy atom. The van der Waals surface area contributed by atoms with Crippen LogP contribution in [0.25, 0.3) is 10.9 Å². The molecule has 18 nitrogen and oxygen atoms in total. The van der Waals surface area contributed by atoms with Crippen LogP contribution < -0.4 is 15.4 Å². The SMILES string of the molecule is CCCc1ccc(S(=O)(=O)N[C@H](CC(=O)O)C(=O)C[C@@H](CCC(=O)O)C(=O)NCC(=O)C[C@@H](Cc2cccc(F)c2)C(=O)N[C@@H](Cc2c[nH]c3ccccc23)C(=O)C[C@@H](CCC(=O)O)C(C)=O)cc1. The van der Waals surface area contributed by atoms with E-state index in [1.54, 1.807) is 42.6 Å². The van der Waals surface area contributed by atoms with Gasteiger partial charge in [-0.05, 0) is 79.6 Å². The normalized spacial score (nSPS) is 13.6. The van der Waals surface area contributed by atoms with Crippen LogP contribution >= 0.6 is 0 Å². The van der Waals surface area contributed by atoms with Crippen LogP contribution in [0.1, 0.15) is 88.3 Å². The van der Waals surface area contributed by atoms with Gasteiger partial charge in [-0.15, -0.1) is 0 Å². The van der Waals surface area contributed by atoms with Crippen LogP contribution in [0.5, 0.6) is 0 Å². The first-order chi connectivity index (χ1) is 32.6. The van der Waals surface area contributed by atoms with Gasteiger partial charge in [0.2, 0.25) is 21.8 Å². The number of hydrogen-bond donors (Lipinski definition) is 7. The number of benzene rings is 3. The van der Waals surface area contributed by atoms with E-state index >= 15 is 0 Å². The zero-order chi connectivity index (χ0) is 50.8. The maximum Gasteiger partial charge on any atom is 0.305 e. The minimum Gasteiger partial charge on any atom is -0.481 e. The lowest BCUT2D eigenvalue weighted by molar-refractivity contribution is -0.140. The molecule has 0 aliphatic carbocycles. The fourth-order valence-corrected chi connectivity index (χ4v) is 9.07. The third-order valence-corrected chi connectivity index (χ3v) is 13.1. The topological polar surface area (TPSA) is 300 Å². The summed E-state index contributed by atoms with van der Waals surface area (Å²) in [5.41, 5.74) is 2.49. The first-order valence-corrected chi connectivity index (χ1v) is 23.9. The molecule has 4 rings (SSSR count). The molecule has 0 unspecified atom stereocenters. The standard InChI is InChI=1S/C49H57FN4O14S/c1-3-7-30-12-16-38(17-13-30)69(67,68)54-42(26-47(63)64)44(58)25-33(15-19-46(61)62)48(65)52-28-37(56)22-34(20-31-8-6-9-36(50)21-31)49(66)53-41(23-35-27-51-40-11-5-4-10-39(35)40)43(57)24-32(29(2)55)14-18-45(59)60/h4-6,8-13,16-17,21,27,32-34,41-42,51,54H,3,7,14-15,18-20,22-26,28H2,1-2H3,(H,52,65)(H,53,66)(H,59,60)(H,61,62)(H,63,64)/t32-,33-,34-,41+,42-/m1/s1. The van der Waals surface area contributed by atoms with Gasteiger partial charge in [-0.1, -0.05) is 55.8 Å². The second kappa shape index (κ2) is 26.0. The van der Waals surface area contributed by atoms with Gasteiger partial charge >= 0.3 is 17.9 Å². The second-order valence-electron chi connectivity index (χ2n) is 17.0. The van der Waals surface area contributed by atoms with Crippen molar-refractivity contribution in [2.45, 2.75) is 108 Å². The number of nitrogens with one attached hydrogen (secondary N) is 4. The van der Waals surface area contributed by atoms with Crippen LogP contribution in [-0.4, -0.2) is 100 Å². The van der Waals surface area contributed by atoms with Crippen LogP contribution in [0.3, 0.4) is 0 Å². The van der Waals surface area contributed by atoms with Crippen molar-refractivity contribution in [3.63, 3.8) is 0 Å². The van der Waals surface area contributed by atoms with Gasteiger partial charge in [-0.3, -0.25) is 43.2 Å². The second-order valence-corrected chi connectivity index (χ2v) is 18.7. The van der Waals surface area contributed by atoms with Crippen molar-refractivity contribution in [2.75, 3.05) is 6.54 Å². The van der Waals surface area contributed by atoms with Gasteiger partial charge in [0.25, 0.3) is 0 Å². The average molecular weight is 977 g/mol. The summed E-state index contributed by atoms with van der Waals surface area (Å²) in [6.07, 6.45) is -1.65. The van der Waals surface area contributed by atoms with E-state index in [1.807, 2.05) is 6.92 Å². The van der Waals surface area contributed by atoms with E-state index in [2.05, 4.69) is 20.3 Å². The highest BCUT2D eigenvalue weighted by Gasteiger charge is 2.34. The third kappa shape index (κ3) is 17.6. The summed E-state index contributed by atoms with van der Waals surface area (Å²) in [6.45, 7) is 2.41. The zero-order valence-corrected chi connectivity index (χ0v) is 39.0. The van der Waals surface area contributed by atoms with Gasteiger partial charge in [-0.25, -0.2) is 17.5 Å². The molecule has 370 valence electrons. The summed E-state index contributed by atoms with van der Waals surface area (Å²) in [7, 11) is -4.46. The van der Waals surface area contributed by atoms with Crippen LogP contribution in [0.15, 0.2) is 83.9 Å². The largest absolute Gasteiger partial charge is 0.481 e. The molecule has 2 amide bonds. The minimum absolute atomic E-state index is 0.0772. The number of aromatic amines is 1. The number of rotatable bonds is 31. The Labute approximate surface area is 397 Å². The molecular formula is C49H57FN4O14S. The maximum absolute atomic E-state index is 14.4. The zero-order valence-electron chi connectivity index (χ0n) is 38.2. The number of H-pyrrole nitrogens is 1. The molecule has 0 bridgehead atoms. The van der Waals surface area contributed by atoms with Gasteiger partial charge < -0.3 is 30.9 Å². The number of halogens is 1. The highest BCUT2D eigenvalue weighted by Crippen LogP contribution is 2.24. The molecule has 7 N–H and O–H groups in total. The van der Waals surface area contributed by atoms with Gasteiger partial charge in [0.05, 0.1) is 29.9 Å². The molecule has 0 saturated heterocycles. The van der Waals surface area contributed by atoms with Crippen molar-refractivity contribution in [1.29, 1.82) is 0 Å². The number of carbonyl (C=O) groups excluding carboxylic acids is 6. The van der Waals surface area contributed by atoms with Crippen molar-refractivity contribution >= 4 is 73.8 Å². The average Bonchev–Trinajstić information content (AvgIpc) is 3.69. The number of hydrogen-bond acceptors (Lipinski definition) is 11. The monoisotopic (exact) mass is 976 g/mol. The van der Waals surface area contributed by atoms with Crippen molar-refractivity contribution < 1.29 is 71.3 Å². The van der Waals surface area contributed by atoms with E-state index in [1.165, 1.54) is 37.3 Å². The number of aromatic nitrogens is 1. The highest BCUT2D eigenvalue weighted by molar-refractivity contribution is 7.89. The van der Waals surface area contributed by atoms with E-state index in [0.29, 0.717) is 17.5 Å². The van der Waals surface area contributed by atoms with Crippen molar-refractivity contribution in [1.82, 2.24) is 20.3 Å². The predicted molar refractivity (Wildman–Crippen MR) is 248 cm³/mol. The first kappa shape index (κ1) is 54.7. The first-order valence-electron chi connectivity index (χ1n) is 22.4. The maximum atomic E-state index is 14.4. The molecule has 0 saturated carbocycles. The van der Waals surface area contributed by atoms with Crippen LogP contribution in [0, 0.1) is 23.6 Å². The number of amides is 2. The summed E-state index contributed by atoms with van der Waals surface area (Å²) >= 11 is 0. The molecule has 0 fully saturated rings. The Kier molecular flexibility index (Phi) is 20.6. The Morgan fingerprint density at radius 3 is 1.94 bits per heavy atom. The molecule has 4 aromatic rings. The van der Waals surface area contributed by atoms with Gasteiger partial charge in [0.15, 0.2) is 17.3 Å². The van der Waals surface area contributed by atoms with E-state index in [-0.39, 0.29) is 30.6 Å². The van der Waals surface area contributed by atoms with E-state index < -0.39 is 144 Å². The van der Waals surface area contributed by atoms with Crippen LogP contribution in [-0.2, 0) is 72.4 Å². The van der Waals surface area contributed by atoms with Crippen LogP contribution in [0.4, 0.5) is 4.39 Å². The van der Waals surface area contributed by atoms with Gasteiger partial charge in [0.1, 0.15) is 11.6 Å². The van der Waals surface area contributed by atoms with Gasteiger partial charge in [0, 0.05) is 73.4 Å². The summed E-state index contributed by atoms with van der Waals surface area (Å²) in [5, 5.41) is 34.0. The number of aryl methyl sites for hydroxylation is 1. The van der Waals surface area contributed by atoms with E-state index in [4.69, 9.17) is 0 Å². The Balaban J connectivity index is 1.55. The highest BCUT2D eigenvalue weighted by atomic mass is 32.2. The number of fused-ring (bicyclic) bond motifs is 1.